The van der Waals surface area contributed by atoms with E-state index >= 15 is 0 Å². The molecule has 0 saturated carbocycles. The predicted octanol–water partition coefficient (Wildman–Crippen LogP) is 2.30. The largest absolute Gasteiger partial charge is 0.389 e. The van der Waals surface area contributed by atoms with Crippen LogP contribution in [-0.2, 0) is 15.9 Å². The third kappa shape index (κ3) is 4.00. The summed E-state index contributed by atoms with van der Waals surface area (Å²) in [6, 6.07) is 6.62. The first-order valence-corrected chi connectivity index (χ1v) is 8.44. The van der Waals surface area contributed by atoms with Gasteiger partial charge in [-0.15, -0.1) is 0 Å². The topological polar surface area (TPSA) is 41.9 Å². The van der Waals surface area contributed by atoms with Crippen LogP contribution in [-0.4, -0.2) is 50.2 Å². The first-order valence-electron chi connectivity index (χ1n) is 8.44. The summed E-state index contributed by atoms with van der Waals surface area (Å²) in [6.07, 6.45) is 4.27. The zero-order valence-corrected chi connectivity index (χ0v) is 13.5. The van der Waals surface area contributed by atoms with Crippen molar-refractivity contribution >= 4 is 5.69 Å². The number of benzene rings is 1. The number of hydrogen-bond donors (Lipinski definition) is 1. The van der Waals surface area contributed by atoms with Gasteiger partial charge in [0.15, 0.2) is 0 Å². The molecular weight excluding hydrogens is 278 g/mol. The van der Waals surface area contributed by atoms with Gasteiger partial charge >= 0.3 is 0 Å². The van der Waals surface area contributed by atoms with E-state index in [4.69, 9.17) is 9.47 Å². The van der Waals surface area contributed by atoms with Crippen LogP contribution >= 0.6 is 0 Å². The van der Waals surface area contributed by atoms with Crippen LogP contribution in [0.4, 0.5) is 5.69 Å². The lowest BCUT2D eigenvalue weighted by Gasteiger charge is -2.33. The van der Waals surface area contributed by atoms with Gasteiger partial charge in [-0.05, 0) is 49.8 Å². The molecule has 1 saturated heterocycles. The number of ether oxygens (including phenoxy) is 2. The van der Waals surface area contributed by atoms with E-state index in [1.165, 1.54) is 16.8 Å². The molecule has 2 heterocycles. The molecule has 2 atom stereocenters. The molecule has 4 heteroatoms. The Labute approximate surface area is 133 Å². The quantitative estimate of drug-likeness (QED) is 0.876. The Morgan fingerprint density at radius 1 is 1.41 bits per heavy atom. The summed E-state index contributed by atoms with van der Waals surface area (Å²) in [6.45, 7) is 5.61. The van der Waals surface area contributed by atoms with Crippen molar-refractivity contribution in [2.24, 2.45) is 0 Å². The Morgan fingerprint density at radius 2 is 2.32 bits per heavy atom. The SMILES string of the molecule is Cc1ccc2c(c1)N(C[C@@H](O)COC[C@H]1CCCO1)CCC2. The van der Waals surface area contributed by atoms with E-state index in [1.807, 2.05) is 0 Å². The number of nitrogens with zero attached hydrogens (tertiary/aromatic N) is 1. The fourth-order valence-electron chi connectivity index (χ4n) is 3.37. The Bertz CT molecular complexity index is 485. The molecule has 0 amide bonds. The average molecular weight is 305 g/mol. The highest BCUT2D eigenvalue weighted by molar-refractivity contribution is 5.57. The van der Waals surface area contributed by atoms with E-state index in [0.29, 0.717) is 19.8 Å². The lowest BCUT2D eigenvalue weighted by molar-refractivity contribution is -0.0150. The summed E-state index contributed by atoms with van der Waals surface area (Å²) in [7, 11) is 0. The lowest BCUT2D eigenvalue weighted by atomic mass is 9.99. The molecule has 0 radical (unpaired) electrons. The van der Waals surface area contributed by atoms with Crippen LogP contribution in [0.5, 0.6) is 0 Å². The number of fused-ring (bicyclic) bond motifs is 1. The van der Waals surface area contributed by atoms with Crippen molar-refractivity contribution in [2.45, 2.75) is 44.8 Å². The van der Waals surface area contributed by atoms with Crippen molar-refractivity contribution in [3.8, 4) is 0 Å². The molecule has 4 nitrogen and oxygen atoms in total. The van der Waals surface area contributed by atoms with Crippen molar-refractivity contribution in [2.75, 3.05) is 37.8 Å². The van der Waals surface area contributed by atoms with Gasteiger partial charge in [-0.3, -0.25) is 0 Å². The number of rotatable bonds is 6. The van der Waals surface area contributed by atoms with Gasteiger partial charge in [0.25, 0.3) is 0 Å². The molecule has 2 aliphatic rings. The van der Waals surface area contributed by atoms with E-state index in [-0.39, 0.29) is 6.10 Å². The minimum Gasteiger partial charge on any atom is -0.389 e. The fourth-order valence-corrected chi connectivity index (χ4v) is 3.37. The summed E-state index contributed by atoms with van der Waals surface area (Å²) in [5.41, 5.74) is 3.95. The highest BCUT2D eigenvalue weighted by Gasteiger charge is 2.20. The number of aryl methyl sites for hydroxylation is 2. The van der Waals surface area contributed by atoms with Crippen LogP contribution in [0.1, 0.15) is 30.4 Å². The molecule has 1 aromatic carbocycles. The zero-order valence-electron chi connectivity index (χ0n) is 13.5. The fraction of sp³-hybridized carbons (Fsp3) is 0.667. The Balaban J connectivity index is 1.49. The van der Waals surface area contributed by atoms with Crippen LogP contribution in [0.3, 0.4) is 0 Å². The van der Waals surface area contributed by atoms with Gasteiger partial charge in [-0.2, -0.15) is 0 Å². The maximum atomic E-state index is 10.3. The number of hydrogen-bond acceptors (Lipinski definition) is 4. The van der Waals surface area contributed by atoms with Crippen molar-refractivity contribution in [1.29, 1.82) is 0 Å². The highest BCUT2D eigenvalue weighted by Crippen LogP contribution is 2.28. The van der Waals surface area contributed by atoms with Crippen LogP contribution in [0.15, 0.2) is 18.2 Å². The second-order valence-corrected chi connectivity index (χ2v) is 6.51. The summed E-state index contributed by atoms with van der Waals surface area (Å²) in [5.74, 6) is 0. The van der Waals surface area contributed by atoms with Crippen LogP contribution < -0.4 is 4.90 Å². The van der Waals surface area contributed by atoms with Crippen molar-refractivity contribution in [1.82, 2.24) is 0 Å². The van der Waals surface area contributed by atoms with Gasteiger partial charge in [0.05, 0.1) is 25.4 Å². The number of aliphatic hydroxyl groups is 1. The molecule has 2 aliphatic heterocycles. The first kappa shape index (κ1) is 15.8. The van der Waals surface area contributed by atoms with Gasteiger partial charge in [-0.1, -0.05) is 12.1 Å². The van der Waals surface area contributed by atoms with Gasteiger partial charge in [-0.25, -0.2) is 0 Å². The molecule has 0 bridgehead atoms. The molecule has 0 unspecified atom stereocenters. The zero-order chi connectivity index (χ0) is 15.4. The number of β-amino-alcohol motifs (C(OH)–C–C–N with tert-alkyl or cyclic N) is 1. The molecule has 0 aliphatic carbocycles. The van der Waals surface area contributed by atoms with E-state index in [1.54, 1.807) is 0 Å². The number of aliphatic hydroxyl groups excluding tert-OH is 1. The average Bonchev–Trinajstić information content (AvgIpc) is 3.01. The summed E-state index contributed by atoms with van der Waals surface area (Å²) >= 11 is 0. The normalized spacial score (nSPS) is 22.6. The minimum atomic E-state index is -0.451. The molecule has 1 aromatic rings. The van der Waals surface area contributed by atoms with Crippen molar-refractivity contribution in [3.05, 3.63) is 29.3 Å². The van der Waals surface area contributed by atoms with E-state index in [9.17, 15) is 5.11 Å². The summed E-state index contributed by atoms with van der Waals surface area (Å²) in [5, 5.41) is 10.3. The molecule has 122 valence electrons. The van der Waals surface area contributed by atoms with Gasteiger partial charge in [0, 0.05) is 25.4 Å². The summed E-state index contributed by atoms with van der Waals surface area (Å²) < 4.78 is 11.2. The smallest absolute Gasteiger partial charge is 0.0948 e. The monoisotopic (exact) mass is 305 g/mol. The first-order chi connectivity index (χ1) is 10.7. The van der Waals surface area contributed by atoms with Crippen molar-refractivity contribution < 1.29 is 14.6 Å². The van der Waals surface area contributed by atoms with Crippen molar-refractivity contribution in [3.63, 3.8) is 0 Å². The second kappa shape index (κ2) is 7.44. The van der Waals surface area contributed by atoms with Crippen LogP contribution in [0.25, 0.3) is 0 Å². The maximum Gasteiger partial charge on any atom is 0.0948 e. The molecular formula is C18H27NO3. The lowest BCUT2D eigenvalue weighted by Crippen LogP contribution is -2.38. The van der Waals surface area contributed by atoms with E-state index < -0.39 is 6.10 Å². The van der Waals surface area contributed by atoms with E-state index in [0.717, 1.165) is 38.8 Å². The van der Waals surface area contributed by atoms with E-state index in [2.05, 4.69) is 30.0 Å². The number of anilines is 1. The molecule has 1 N–H and O–H groups in total. The van der Waals surface area contributed by atoms with Gasteiger partial charge < -0.3 is 19.5 Å². The highest BCUT2D eigenvalue weighted by atomic mass is 16.5. The molecule has 0 spiro atoms. The molecule has 1 fully saturated rings. The molecule has 22 heavy (non-hydrogen) atoms. The molecule has 3 rings (SSSR count). The van der Waals surface area contributed by atoms with Gasteiger partial charge in [0.1, 0.15) is 0 Å². The van der Waals surface area contributed by atoms with Gasteiger partial charge in [0.2, 0.25) is 0 Å². The Hall–Kier alpha value is -1.10. The minimum absolute atomic E-state index is 0.227. The maximum absolute atomic E-state index is 10.3. The summed E-state index contributed by atoms with van der Waals surface area (Å²) in [4.78, 5) is 2.30. The second-order valence-electron chi connectivity index (χ2n) is 6.51. The van der Waals surface area contributed by atoms with Crippen LogP contribution in [0, 0.1) is 6.92 Å². The van der Waals surface area contributed by atoms with Crippen LogP contribution in [0.2, 0.25) is 0 Å². The Morgan fingerprint density at radius 3 is 3.14 bits per heavy atom. The Kier molecular flexibility index (Phi) is 5.34. The molecule has 0 aromatic heterocycles. The predicted molar refractivity (Wildman–Crippen MR) is 87.5 cm³/mol. The standard InChI is InChI=1S/C18H27NO3/c1-14-6-7-15-4-2-8-19(18(15)10-14)11-16(20)12-21-13-17-5-3-9-22-17/h6-7,10,16-17,20H,2-5,8-9,11-13H2,1H3/t16-,17-/m1/s1. The third-order valence-electron chi connectivity index (χ3n) is 4.52. The third-order valence-corrected chi connectivity index (χ3v) is 4.52.